The molecule has 0 heterocycles. The van der Waals surface area contributed by atoms with Gasteiger partial charge in [0.1, 0.15) is 11.6 Å². The SMILES string of the molecule is CN=Cc1cc(F)cc(C(C)(C)C)c1O. The van der Waals surface area contributed by atoms with Crippen molar-refractivity contribution in [2.45, 2.75) is 26.2 Å². The lowest BCUT2D eigenvalue weighted by atomic mass is 9.85. The molecule has 0 unspecified atom stereocenters. The molecule has 0 aromatic heterocycles. The topological polar surface area (TPSA) is 32.6 Å². The molecule has 0 fully saturated rings. The van der Waals surface area contributed by atoms with Gasteiger partial charge >= 0.3 is 0 Å². The Morgan fingerprint density at radius 3 is 2.40 bits per heavy atom. The van der Waals surface area contributed by atoms with Gasteiger partial charge in [-0.05, 0) is 17.5 Å². The molecule has 0 saturated carbocycles. The van der Waals surface area contributed by atoms with Gasteiger partial charge in [0.25, 0.3) is 0 Å². The standard InChI is InChI=1S/C12H16FNO/c1-12(2,3)10-6-9(13)5-8(7-14-4)11(10)15/h5-7,15H,1-4H3. The quantitative estimate of drug-likeness (QED) is 0.709. The van der Waals surface area contributed by atoms with Gasteiger partial charge in [0.2, 0.25) is 0 Å². The predicted octanol–water partition coefficient (Wildman–Crippen LogP) is 2.88. The van der Waals surface area contributed by atoms with E-state index in [1.807, 2.05) is 20.8 Å². The van der Waals surface area contributed by atoms with E-state index < -0.39 is 0 Å². The van der Waals surface area contributed by atoms with Crippen molar-refractivity contribution in [3.05, 3.63) is 29.1 Å². The van der Waals surface area contributed by atoms with Crippen LogP contribution in [0.3, 0.4) is 0 Å². The molecule has 0 amide bonds. The Morgan fingerprint density at radius 2 is 1.93 bits per heavy atom. The number of rotatable bonds is 1. The van der Waals surface area contributed by atoms with E-state index in [-0.39, 0.29) is 17.0 Å². The molecule has 0 aliphatic rings. The van der Waals surface area contributed by atoms with Crippen LogP contribution in [0.15, 0.2) is 17.1 Å². The first-order valence-corrected chi connectivity index (χ1v) is 4.81. The van der Waals surface area contributed by atoms with E-state index in [1.54, 1.807) is 7.05 Å². The highest BCUT2D eigenvalue weighted by Gasteiger charge is 2.20. The Labute approximate surface area is 89.5 Å². The summed E-state index contributed by atoms with van der Waals surface area (Å²) in [6.07, 6.45) is 1.45. The molecule has 0 aliphatic heterocycles. The Kier molecular flexibility index (Phi) is 3.12. The lowest BCUT2D eigenvalue weighted by Gasteiger charge is -2.21. The van der Waals surface area contributed by atoms with Crippen molar-refractivity contribution in [1.82, 2.24) is 0 Å². The van der Waals surface area contributed by atoms with Crippen molar-refractivity contribution in [3.63, 3.8) is 0 Å². The summed E-state index contributed by atoms with van der Waals surface area (Å²) in [5, 5.41) is 9.92. The number of aromatic hydroxyl groups is 1. The van der Waals surface area contributed by atoms with E-state index in [0.29, 0.717) is 11.1 Å². The molecule has 0 spiro atoms. The number of nitrogens with zero attached hydrogens (tertiary/aromatic N) is 1. The summed E-state index contributed by atoms with van der Waals surface area (Å²) >= 11 is 0. The smallest absolute Gasteiger partial charge is 0.128 e. The fraction of sp³-hybridized carbons (Fsp3) is 0.417. The van der Waals surface area contributed by atoms with E-state index in [1.165, 1.54) is 18.3 Å². The summed E-state index contributed by atoms with van der Waals surface area (Å²) in [6.45, 7) is 5.77. The van der Waals surface area contributed by atoms with Gasteiger partial charge in [-0.1, -0.05) is 20.8 Å². The molecule has 15 heavy (non-hydrogen) atoms. The van der Waals surface area contributed by atoms with E-state index >= 15 is 0 Å². The largest absolute Gasteiger partial charge is 0.507 e. The van der Waals surface area contributed by atoms with Gasteiger partial charge in [0.05, 0.1) is 0 Å². The Balaban J connectivity index is 3.41. The summed E-state index contributed by atoms with van der Waals surface area (Å²) in [6, 6.07) is 2.64. The molecule has 0 radical (unpaired) electrons. The second kappa shape index (κ2) is 4.01. The molecule has 1 aromatic rings. The van der Waals surface area contributed by atoms with Crippen molar-refractivity contribution in [1.29, 1.82) is 0 Å². The highest BCUT2D eigenvalue weighted by molar-refractivity contribution is 5.84. The Hall–Kier alpha value is -1.38. The van der Waals surface area contributed by atoms with E-state index in [0.717, 1.165) is 0 Å². The van der Waals surface area contributed by atoms with Crippen LogP contribution in [0.4, 0.5) is 4.39 Å². The van der Waals surface area contributed by atoms with Crippen molar-refractivity contribution in [2.24, 2.45) is 4.99 Å². The Morgan fingerprint density at radius 1 is 1.33 bits per heavy atom. The average molecular weight is 209 g/mol. The van der Waals surface area contributed by atoms with Gasteiger partial charge in [-0.2, -0.15) is 0 Å². The van der Waals surface area contributed by atoms with Crippen molar-refractivity contribution < 1.29 is 9.50 Å². The monoisotopic (exact) mass is 209 g/mol. The first-order valence-electron chi connectivity index (χ1n) is 4.81. The first kappa shape index (κ1) is 11.7. The fourth-order valence-corrected chi connectivity index (χ4v) is 1.43. The average Bonchev–Trinajstić information content (AvgIpc) is 2.09. The fourth-order valence-electron chi connectivity index (χ4n) is 1.43. The van der Waals surface area contributed by atoms with Crippen LogP contribution in [-0.2, 0) is 5.41 Å². The van der Waals surface area contributed by atoms with E-state index in [9.17, 15) is 9.50 Å². The maximum Gasteiger partial charge on any atom is 0.128 e. The number of benzene rings is 1. The lowest BCUT2D eigenvalue weighted by molar-refractivity contribution is 0.442. The highest BCUT2D eigenvalue weighted by atomic mass is 19.1. The molecular formula is C12H16FNO. The zero-order valence-corrected chi connectivity index (χ0v) is 9.50. The Bertz CT molecular complexity index is 391. The highest BCUT2D eigenvalue weighted by Crippen LogP contribution is 2.33. The van der Waals surface area contributed by atoms with Crippen LogP contribution in [0, 0.1) is 5.82 Å². The summed E-state index contributed by atoms with van der Waals surface area (Å²) in [7, 11) is 1.58. The zero-order chi connectivity index (χ0) is 11.6. The van der Waals surface area contributed by atoms with Crippen LogP contribution in [0.1, 0.15) is 31.9 Å². The second-order valence-corrected chi connectivity index (χ2v) is 4.53. The van der Waals surface area contributed by atoms with E-state index in [4.69, 9.17) is 0 Å². The van der Waals surface area contributed by atoms with Crippen LogP contribution in [0.5, 0.6) is 5.75 Å². The normalized spacial score (nSPS) is 12.3. The van der Waals surface area contributed by atoms with Gasteiger partial charge in [-0.15, -0.1) is 0 Å². The van der Waals surface area contributed by atoms with Gasteiger partial charge in [-0.25, -0.2) is 4.39 Å². The summed E-state index contributed by atoms with van der Waals surface area (Å²) < 4.78 is 13.3. The van der Waals surface area contributed by atoms with Crippen LogP contribution in [0.25, 0.3) is 0 Å². The molecule has 2 nitrogen and oxygen atoms in total. The number of aliphatic imine (C=N–C) groups is 1. The molecule has 1 aromatic carbocycles. The molecular weight excluding hydrogens is 193 g/mol. The van der Waals surface area contributed by atoms with Crippen LogP contribution >= 0.6 is 0 Å². The molecule has 0 atom stereocenters. The molecule has 82 valence electrons. The third-order valence-corrected chi connectivity index (χ3v) is 2.18. The summed E-state index contributed by atoms with van der Waals surface area (Å²) in [5.74, 6) is -0.248. The second-order valence-electron chi connectivity index (χ2n) is 4.53. The molecule has 0 aliphatic carbocycles. The minimum absolute atomic E-state index is 0.106. The van der Waals surface area contributed by atoms with Gasteiger partial charge in [0.15, 0.2) is 0 Å². The van der Waals surface area contributed by atoms with Crippen molar-refractivity contribution in [3.8, 4) is 5.75 Å². The zero-order valence-electron chi connectivity index (χ0n) is 9.50. The van der Waals surface area contributed by atoms with Crippen molar-refractivity contribution >= 4 is 6.21 Å². The molecule has 1 N–H and O–H groups in total. The lowest BCUT2D eigenvalue weighted by Crippen LogP contribution is -2.12. The van der Waals surface area contributed by atoms with Crippen molar-refractivity contribution in [2.75, 3.05) is 7.05 Å². The number of halogens is 1. The van der Waals surface area contributed by atoms with Crippen LogP contribution in [0.2, 0.25) is 0 Å². The number of hydrogen-bond acceptors (Lipinski definition) is 2. The summed E-state index contributed by atoms with van der Waals surface area (Å²) in [5.41, 5.74) is 0.725. The van der Waals surface area contributed by atoms with Gasteiger partial charge in [-0.3, -0.25) is 4.99 Å². The van der Waals surface area contributed by atoms with E-state index in [2.05, 4.69) is 4.99 Å². The third-order valence-electron chi connectivity index (χ3n) is 2.18. The van der Waals surface area contributed by atoms with Gasteiger partial charge in [0, 0.05) is 24.4 Å². The first-order chi connectivity index (χ1) is 6.86. The number of hydrogen-bond donors (Lipinski definition) is 1. The van der Waals surface area contributed by atoms with Gasteiger partial charge < -0.3 is 5.11 Å². The predicted molar refractivity (Wildman–Crippen MR) is 60.3 cm³/mol. The maximum absolute atomic E-state index is 13.3. The third kappa shape index (κ3) is 2.55. The minimum Gasteiger partial charge on any atom is -0.507 e. The molecule has 0 saturated heterocycles. The minimum atomic E-state index is -0.354. The molecule has 0 bridgehead atoms. The molecule has 3 heteroatoms. The molecule has 1 rings (SSSR count). The van der Waals surface area contributed by atoms with Crippen LogP contribution < -0.4 is 0 Å². The maximum atomic E-state index is 13.3. The summed E-state index contributed by atoms with van der Waals surface area (Å²) in [4.78, 5) is 3.78. The number of phenols is 1. The van der Waals surface area contributed by atoms with Crippen LogP contribution in [-0.4, -0.2) is 18.4 Å². The number of phenolic OH excluding ortho intramolecular Hbond substituents is 1.